The molecular formula is C14H18N2O4. The number of ether oxygens (including phenoxy) is 2. The zero-order chi connectivity index (χ0) is 14.5. The molecule has 1 aromatic heterocycles. The minimum absolute atomic E-state index is 0.116. The van der Waals surface area contributed by atoms with Gasteiger partial charge in [-0.3, -0.25) is 10.1 Å². The average Bonchev–Trinajstić information content (AvgIpc) is 2.82. The zero-order valence-electron chi connectivity index (χ0n) is 11.6. The van der Waals surface area contributed by atoms with Gasteiger partial charge in [0.25, 0.3) is 5.69 Å². The maximum atomic E-state index is 11.0. The Bertz CT molecular complexity index is 588. The van der Waals surface area contributed by atoms with Crippen LogP contribution in [0, 0.1) is 10.1 Å². The van der Waals surface area contributed by atoms with Crippen LogP contribution in [0.1, 0.15) is 13.8 Å². The van der Waals surface area contributed by atoms with E-state index < -0.39 is 0 Å². The molecule has 1 heterocycles. The third kappa shape index (κ3) is 2.97. The maximum absolute atomic E-state index is 11.0. The van der Waals surface area contributed by atoms with Crippen LogP contribution in [-0.2, 0) is 16.0 Å². The Morgan fingerprint density at radius 2 is 1.95 bits per heavy atom. The summed E-state index contributed by atoms with van der Waals surface area (Å²) in [5.74, 6) is 0. The number of non-ortho nitro benzene ring substituents is 1. The lowest BCUT2D eigenvalue weighted by Crippen LogP contribution is -2.23. The van der Waals surface area contributed by atoms with E-state index in [-0.39, 0.29) is 16.9 Å². The van der Waals surface area contributed by atoms with Gasteiger partial charge in [0.2, 0.25) is 0 Å². The van der Waals surface area contributed by atoms with Crippen molar-refractivity contribution in [1.82, 2.24) is 4.57 Å². The topological polar surface area (TPSA) is 66.5 Å². The highest BCUT2D eigenvalue weighted by Crippen LogP contribution is 2.26. The molecule has 0 unspecified atom stereocenters. The van der Waals surface area contributed by atoms with Crippen molar-refractivity contribution in [1.29, 1.82) is 0 Å². The molecule has 0 aliphatic carbocycles. The molecule has 6 nitrogen and oxygen atoms in total. The van der Waals surface area contributed by atoms with Gasteiger partial charge in [0.15, 0.2) is 6.29 Å². The molecule has 0 atom stereocenters. The van der Waals surface area contributed by atoms with Crippen LogP contribution in [0.2, 0.25) is 0 Å². The molecule has 0 amide bonds. The lowest BCUT2D eigenvalue weighted by Gasteiger charge is -2.18. The summed E-state index contributed by atoms with van der Waals surface area (Å²) < 4.78 is 12.9. The normalized spacial score (nSPS) is 11.3. The molecule has 0 aliphatic rings. The number of nitro benzene ring substituents is 1. The van der Waals surface area contributed by atoms with Gasteiger partial charge in [0.05, 0.1) is 22.4 Å². The highest BCUT2D eigenvalue weighted by Gasteiger charge is 2.16. The second-order valence-electron chi connectivity index (χ2n) is 4.28. The molecular weight excluding hydrogens is 260 g/mol. The number of benzene rings is 1. The summed E-state index contributed by atoms with van der Waals surface area (Å²) in [5.41, 5.74) is 0.925. The summed E-state index contributed by atoms with van der Waals surface area (Å²) in [6.07, 6.45) is 1.47. The third-order valence-corrected chi connectivity index (χ3v) is 3.04. The predicted octanol–water partition coefficient (Wildman–Crippen LogP) is 2.95. The molecule has 2 aromatic rings. The van der Waals surface area contributed by atoms with E-state index in [2.05, 4.69) is 0 Å². The number of nitro groups is 1. The van der Waals surface area contributed by atoms with Gasteiger partial charge in [-0.2, -0.15) is 0 Å². The Labute approximate surface area is 117 Å². The van der Waals surface area contributed by atoms with E-state index in [9.17, 15) is 10.1 Å². The quantitative estimate of drug-likeness (QED) is 0.443. The molecule has 0 saturated heterocycles. The number of hydrogen-bond donors (Lipinski definition) is 0. The van der Waals surface area contributed by atoms with Crippen molar-refractivity contribution >= 4 is 16.6 Å². The molecule has 0 radical (unpaired) electrons. The second-order valence-corrected chi connectivity index (χ2v) is 4.28. The van der Waals surface area contributed by atoms with E-state index in [4.69, 9.17) is 9.47 Å². The van der Waals surface area contributed by atoms with E-state index >= 15 is 0 Å². The molecule has 2 rings (SSSR count). The monoisotopic (exact) mass is 278 g/mol. The molecule has 0 bridgehead atoms. The first-order chi connectivity index (χ1) is 9.67. The number of rotatable bonds is 7. The van der Waals surface area contributed by atoms with Crippen LogP contribution in [0.5, 0.6) is 0 Å². The summed E-state index contributed by atoms with van der Waals surface area (Å²) >= 11 is 0. The van der Waals surface area contributed by atoms with Crippen molar-refractivity contribution in [2.24, 2.45) is 0 Å². The van der Waals surface area contributed by atoms with Gasteiger partial charge in [0, 0.05) is 25.5 Å². The average molecular weight is 278 g/mol. The van der Waals surface area contributed by atoms with Crippen molar-refractivity contribution in [2.45, 2.75) is 26.7 Å². The van der Waals surface area contributed by atoms with E-state index in [1.54, 1.807) is 12.1 Å². The molecule has 20 heavy (non-hydrogen) atoms. The molecule has 6 heteroatoms. The van der Waals surface area contributed by atoms with Crippen LogP contribution >= 0.6 is 0 Å². The van der Waals surface area contributed by atoms with Crippen molar-refractivity contribution in [3.63, 3.8) is 0 Å². The number of hydrogen-bond acceptors (Lipinski definition) is 4. The Hall–Kier alpha value is -1.92. The summed E-state index contributed by atoms with van der Waals surface area (Å²) in [5, 5.41) is 11.6. The van der Waals surface area contributed by atoms with Crippen LogP contribution in [0.3, 0.4) is 0 Å². The summed E-state index contributed by atoms with van der Waals surface area (Å²) in [6, 6.07) is 6.81. The first kappa shape index (κ1) is 14.5. The Kier molecular flexibility index (Phi) is 4.70. The standard InChI is InChI=1S/C14H18N2O4/c1-3-19-14(20-4-2)10-15-9-8-11-12(15)6-5-7-13(11)16(17)18/h5-9,14H,3-4,10H2,1-2H3. The van der Waals surface area contributed by atoms with Gasteiger partial charge in [0.1, 0.15) is 0 Å². The first-order valence-electron chi connectivity index (χ1n) is 6.62. The van der Waals surface area contributed by atoms with Crippen LogP contribution in [0.15, 0.2) is 30.5 Å². The molecule has 0 N–H and O–H groups in total. The Balaban J connectivity index is 2.31. The number of fused-ring (bicyclic) bond motifs is 1. The fourth-order valence-electron chi connectivity index (χ4n) is 2.21. The lowest BCUT2D eigenvalue weighted by molar-refractivity contribution is -0.383. The SMILES string of the molecule is CCOC(Cn1ccc2c([N+](=O)[O-])cccc21)OCC. The number of aromatic nitrogens is 1. The number of nitrogens with zero attached hydrogens (tertiary/aromatic N) is 2. The third-order valence-electron chi connectivity index (χ3n) is 3.04. The zero-order valence-corrected chi connectivity index (χ0v) is 11.6. The van der Waals surface area contributed by atoms with Gasteiger partial charge in [-0.1, -0.05) is 6.07 Å². The smallest absolute Gasteiger partial charge is 0.278 e. The van der Waals surface area contributed by atoms with Gasteiger partial charge >= 0.3 is 0 Å². The van der Waals surface area contributed by atoms with Crippen LogP contribution in [-0.4, -0.2) is 29.0 Å². The summed E-state index contributed by atoms with van der Waals surface area (Å²) in [4.78, 5) is 10.6. The fourth-order valence-corrected chi connectivity index (χ4v) is 2.21. The fraction of sp³-hybridized carbons (Fsp3) is 0.429. The van der Waals surface area contributed by atoms with Crippen molar-refractivity contribution in [3.8, 4) is 0 Å². The first-order valence-corrected chi connectivity index (χ1v) is 6.62. The van der Waals surface area contributed by atoms with Crippen LogP contribution in [0.25, 0.3) is 10.9 Å². The van der Waals surface area contributed by atoms with E-state index in [1.807, 2.05) is 30.7 Å². The summed E-state index contributed by atoms with van der Waals surface area (Å²) in [7, 11) is 0. The van der Waals surface area contributed by atoms with Gasteiger partial charge in [-0.25, -0.2) is 0 Å². The molecule has 0 spiro atoms. The lowest BCUT2D eigenvalue weighted by atomic mass is 10.2. The van der Waals surface area contributed by atoms with Gasteiger partial charge in [-0.15, -0.1) is 0 Å². The van der Waals surface area contributed by atoms with E-state index in [0.717, 1.165) is 5.52 Å². The maximum Gasteiger partial charge on any atom is 0.278 e. The minimum Gasteiger partial charge on any atom is -0.351 e. The van der Waals surface area contributed by atoms with Crippen molar-refractivity contribution in [3.05, 3.63) is 40.6 Å². The van der Waals surface area contributed by atoms with Gasteiger partial charge < -0.3 is 14.0 Å². The van der Waals surface area contributed by atoms with Crippen molar-refractivity contribution < 1.29 is 14.4 Å². The molecule has 108 valence electrons. The largest absolute Gasteiger partial charge is 0.351 e. The minimum atomic E-state index is -0.366. The Morgan fingerprint density at radius 3 is 2.55 bits per heavy atom. The van der Waals surface area contributed by atoms with Crippen LogP contribution < -0.4 is 0 Å². The molecule has 0 saturated carbocycles. The molecule has 1 aromatic carbocycles. The second kappa shape index (κ2) is 6.49. The highest BCUT2D eigenvalue weighted by molar-refractivity contribution is 5.89. The highest BCUT2D eigenvalue weighted by atomic mass is 16.7. The predicted molar refractivity (Wildman–Crippen MR) is 75.6 cm³/mol. The Morgan fingerprint density at radius 1 is 1.25 bits per heavy atom. The summed E-state index contributed by atoms with van der Waals surface area (Å²) in [6.45, 7) is 5.44. The van der Waals surface area contributed by atoms with E-state index in [1.165, 1.54) is 6.07 Å². The van der Waals surface area contributed by atoms with E-state index in [0.29, 0.717) is 25.1 Å². The molecule has 0 fully saturated rings. The van der Waals surface area contributed by atoms with Gasteiger partial charge in [-0.05, 0) is 26.0 Å². The van der Waals surface area contributed by atoms with Crippen LogP contribution in [0.4, 0.5) is 5.69 Å². The molecule has 0 aliphatic heterocycles. The van der Waals surface area contributed by atoms with Crippen molar-refractivity contribution in [2.75, 3.05) is 13.2 Å².